The first-order valence-electron chi connectivity index (χ1n) is 8.78. The third-order valence-corrected chi connectivity index (χ3v) is 3.88. The molecule has 1 aliphatic heterocycles. The van der Waals surface area contributed by atoms with Gasteiger partial charge in [0.2, 0.25) is 5.88 Å². The van der Waals surface area contributed by atoms with E-state index < -0.39 is 11.7 Å². The molecule has 2 heterocycles. The van der Waals surface area contributed by atoms with E-state index in [9.17, 15) is 9.59 Å². The van der Waals surface area contributed by atoms with Crippen molar-refractivity contribution < 1.29 is 19.1 Å². The Morgan fingerprint density at radius 2 is 2.12 bits per heavy atom. The maximum atomic E-state index is 12.4. The number of alkyl carbamates (subject to hydrolysis) is 1. The Hall–Kier alpha value is -2.51. The maximum Gasteiger partial charge on any atom is 0.407 e. The van der Waals surface area contributed by atoms with Crippen LogP contribution in [-0.2, 0) is 11.3 Å². The van der Waals surface area contributed by atoms with Crippen molar-refractivity contribution in [1.82, 2.24) is 20.5 Å². The Bertz CT molecular complexity index is 613. The number of urea groups is 1. The Labute approximate surface area is 154 Å². The van der Waals surface area contributed by atoms with Crippen molar-refractivity contribution in [2.75, 3.05) is 20.2 Å². The van der Waals surface area contributed by atoms with Gasteiger partial charge in [-0.1, -0.05) is 6.07 Å². The minimum atomic E-state index is -0.539. The highest BCUT2D eigenvalue weighted by Crippen LogP contribution is 2.13. The zero-order chi connectivity index (χ0) is 19.2. The summed E-state index contributed by atoms with van der Waals surface area (Å²) in [5, 5.41) is 5.72. The molecule has 1 atom stereocenters. The van der Waals surface area contributed by atoms with Crippen LogP contribution in [0.4, 0.5) is 9.59 Å². The fraction of sp³-hybridized carbons (Fsp3) is 0.611. The van der Waals surface area contributed by atoms with Crippen LogP contribution in [0, 0.1) is 0 Å². The van der Waals surface area contributed by atoms with Crippen LogP contribution in [0.15, 0.2) is 18.3 Å². The average molecular weight is 364 g/mol. The predicted molar refractivity (Wildman–Crippen MR) is 97.0 cm³/mol. The van der Waals surface area contributed by atoms with Crippen LogP contribution in [0.2, 0.25) is 0 Å². The van der Waals surface area contributed by atoms with Crippen molar-refractivity contribution in [2.45, 2.75) is 51.8 Å². The number of pyridine rings is 1. The first-order valence-corrected chi connectivity index (χ1v) is 8.78. The number of nitrogens with one attached hydrogen (secondary N) is 2. The lowest BCUT2D eigenvalue weighted by atomic mass is 10.1. The average Bonchev–Trinajstić information content (AvgIpc) is 2.58. The largest absolute Gasteiger partial charge is 0.481 e. The zero-order valence-electron chi connectivity index (χ0n) is 15.9. The van der Waals surface area contributed by atoms with Gasteiger partial charge in [-0.25, -0.2) is 14.6 Å². The van der Waals surface area contributed by atoms with E-state index in [0.29, 0.717) is 25.5 Å². The first kappa shape index (κ1) is 19.8. The number of rotatable bonds is 4. The smallest absolute Gasteiger partial charge is 0.407 e. The van der Waals surface area contributed by atoms with Gasteiger partial charge < -0.3 is 25.0 Å². The third kappa shape index (κ3) is 6.42. The molecule has 1 saturated heterocycles. The molecule has 0 aromatic carbocycles. The molecule has 0 aliphatic carbocycles. The molecule has 0 bridgehead atoms. The lowest BCUT2D eigenvalue weighted by Crippen LogP contribution is -2.52. The first-order chi connectivity index (χ1) is 12.3. The van der Waals surface area contributed by atoms with Crippen LogP contribution in [-0.4, -0.2) is 53.9 Å². The lowest BCUT2D eigenvalue weighted by Gasteiger charge is -2.33. The van der Waals surface area contributed by atoms with Crippen molar-refractivity contribution in [3.8, 4) is 5.88 Å². The van der Waals surface area contributed by atoms with Crippen molar-refractivity contribution in [3.63, 3.8) is 0 Å². The van der Waals surface area contributed by atoms with Gasteiger partial charge in [0.05, 0.1) is 7.11 Å². The molecule has 8 nitrogen and oxygen atoms in total. The molecule has 1 fully saturated rings. The summed E-state index contributed by atoms with van der Waals surface area (Å²) in [6, 6.07) is 3.35. The molecule has 2 N–H and O–H groups in total. The number of nitrogens with zero attached hydrogens (tertiary/aromatic N) is 2. The van der Waals surface area contributed by atoms with Gasteiger partial charge in [0.1, 0.15) is 5.60 Å². The molecule has 144 valence electrons. The van der Waals surface area contributed by atoms with Crippen LogP contribution in [0.3, 0.4) is 0 Å². The standard InChI is InChI=1S/C18H28N4O4/c1-18(2,3)26-17(24)21-14-6-5-9-22(12-14)16(23)20-11-13-7-8-15(25-4)19-10-13/h7-8,10,14H,5-6,9,11-12H2,1-4H3,(H,20,23)(H,21,24)/t14-/m1/s1. The van der Waals surface area contributed by atoms with Gasteiger partial charge in [0.15, 0.2) is 0 Å². The molecule has 0 spiro atoms. The van der Waals surface area contributed by atoms with E-state index >= 15 is 0 Å². The highest BCUT2D eigenvalue weighted by molar-refractivity contribution is 5.74. The molecular formula is C18H28N4O4. The van der Waals surface area contributed by atoms with Crippen LogP contribution in [0.25, 0.3) is 0 Å². The number of piperidine rings is 1. The number of ether oxygens (including phenoxy) is 2. The summed E-state index contributed by atoms with van der Waals surface area (Å²) in [5.74, 6) is 0.534. The van der Waals surface area contributed by atoms with Gasteiger partial charge in [-0.2, -0.15) is 0 Å². The highest BCUT2D eigenvalue weighted by atomic mass is 16.6. The summed E-state index contributed by atoms with van der Waals surface area (Å²) in [6.07, 6.45) is 2.88. The highest BCUT2D eigenvalue weighted by Gasteiger charge is 2.26. The summed E-state index contributed by atoms with van der Waals surface area (Å²) in [6.45, 7) is 6.98. The Balaban J connectivity index is 1.80. The number of carbonyl (C=O) groups excluding carboxylic acids is 2. The molecular weight excluding hydrogens is 336 g/mol. The SMILES string of the molecule is COc1ccc(CNC(=O)N2CCC[C@@H](NC(=O)OC(C)(C)C)C2)cn1. The molecule has 1 aromatic heterocycles. The number of hydrogen-bond donors (Lipinski definition) is 2. The van der Waals surface area contributed by atoms with Crippen LogP contribution < -0.4 is 15.4 Å². The second kappa shape index (κ2) is 8.73. The van der Waals surface area contributed by atoms with E-state index in [-0.39, 0.29) is 12.1 Å². The summed E-state index contributed by atoms with van der Waals surface area (Å²) in [5.41, 5.74) is 0.349. The Morgan fingerprint density at radius 3 is 2.73 bits per heavy atom. The zero-order valence-corrected chi connectivity index (χ0v) is 15.9. The molecule has 1 aliphatic rings. The summed E-state index contributed by atoms with van der Waals surface area (Å²) < 4.78 is 10.3. The van der Waals surface area contributed by atoms with Crippen molar-refractivity contribution in [3.05, 3.63) is 23.9 Å². The Kier molecular flexibility index (Phi) is 6.65. The number of aromatic nitrogens is 1. The minimum absolute atomic E-state index is 0.105. The van der Waals surface area contributed by atoms with E-state index in [1.165, 1.54) is 0 Å². The van der Waals surface area contributed by atoms with Crippen molar-refractivity contribution >= 4 is 12.1 Å². The van der Waals surface area contributed by atoms with E-state index in [0.717, 1.165) is 18.4 Å². The van der Waals surface area contributed by atoms with Gasteiger partial charge in [-0.3, -0.25) is 0 Å². The fourth-order valence-corrected chi connectivity index (χ4v) is 2.68. The van der Waals surface area contributed by atoms with E-state index in [2.05, 4.69) is 15.6 Å². The van der Waals surface area contributed by atoms with E-state index in [1.54, 1.807) is 24.3 Å². The van der Waals surface area contributed by atoms with Crippen LogP contribution in [0.5, 0.6) is 5.88 Å². The topological polar surface area (TPSA) is 92.8 Å². The molecule has 3 amide bonds. The summed E-state index contributed by atoms with van der Waals surface area (Å²) in [7, 11) is 1.56. The van der Waals surface area contributed by atoms with Gasteiger partial charge in [-0.15, -0.1) is 0 Å². The van der Waals surface area contributed by atoms with Gasteiger partial charge in [-0.05, 0) is 39.2 Å². The predicted octanol–water partition coefficient (Wildman–Crippen LogP) is 2.29. The summed E-state index contributed by atoms with van der Waals surface area (Å²) >= 11 is 0. The van der Waals surface area contributed by atoms with E-state index in [1.807, 2.05) is 26.8 Å². The molecule has 0 radical (unpaired) electrons. The van der Waals surface area contributed by atoms with Crippen LogP contribution in [0.1, 0.15) is 39.2 Å². The number of likely N-dealkylation sites (tertiary alicyclic amines) is 1. The Morgan fingerprint density at radius 1 is 1.35 bits per heavy atom. The molecule has 26 heavy (non-hydrogen) atoms. The second-order valence-electron chi connectivity index (χ2n) is 7.30. The minimum Gasteiger partial charge on any atom is -0.481 e. The summed E-state index contributed by atoms with van der Waals surface area (Å²) in [4.78, 5) is 30.1. The van der Waals surface area contributed by atoms with Crippen LogP contribution >= 0.6 is 0 Å². The molecule has 1 aromatic rings. The second-order valence-corrected chi connectivity index (χ2v) is 7.30. The van der Waals surface area contributed by atoms with Gasteiger partial charge in [0.25, 0.3) is 0 Å². The van der Waals surface area contributed by atoms with E-state index in [4.69, 9.17) is 9.47 Å². The van der Waals surface area contributed by atoms with Gasteiger partial charge in [0, 0.05) is 37.9 Å². The lowest BCUT2D eigenvalue weighted by molar-refractivity contribution is 0.0479. The van der Waals surface area contributed by atoms with Crippen molar-refractivity contribution in [1.29, 1.82) is 0 Å². The molecule has 8 heteroatoms. The maximum absolute atomic E-state index is 12.4. The molecule has 2 rings (SSSR count). The fourth-order valence-electron chi connectivity index (χ4n) is 2.68. The normalized spacial score (nSPS) is 17.4. The quantitative estimate of drug-likeness (QED) is 0.855. The number of hydrogen-bond acceptors (Lipinski definition) is 5. The number of methoxy groups -OCH3 is 1. The molecule has 0 unspecified atom stereocenters. The third-order valence-electron chi connectivity index (χ3n) is 3.88. The van der Waals surface area contributed by atoms with Crippen molar-refractivity contribution in [2.24, 2.45) is 0 Å². The molecule has 0 saturated carbocycles. The monoisotopic (exact) mass is 364 g/mol. The number of carbonyl (C=O) groups is 2. The number of amides is 3. The van der Waals surface area contributed by atoms with Gasteiger partial charge >= 0.3 is 12.1 Å².